The summed E-state index contributed by atoms with van der Waals surface area (Å²) >= 11 is 0. The van der Waals surface area contributed by atoms with Crippen LogP contribution in [0, 0.1) is 11.6 Å². The average Bonchev–Trinajstić information content (AvgIpc) is 2.90. The summed E-state index contributed by atoms with van der Waals surface area (Å²) in [5.41, 5.74) is 1.26. The molecule has 0 spiro atoms. The molecule has 3 rings (SSSR count). The van der Waals surface area contributed by atoms with Crippen molar-refractivity contribution >= 4 is 11.0 Å². The zero-order valence-corrected chi connectivity index (χ0v) is 11.6. The molecule has 0 fully saturated rings. The number of halogens is 2. The first-order valence-electron chi connectivity index (χ1n) is 6.79. The van der Waals surface area contributed by atoms with Crippen LogP contribution in [0.4, 0.5) is 8.78 Å². The van der Waals surface area contributed by atoms with Gasteiger partial charge in [-0.15, -0.1) is 0 Å². The molecule has 0 saturated heterocycles. The first-order chi connectivity index (χ1) is 10.1. The van der Waals surface area contributed by atoms with Gasteiger partial charge < -0.3 is 9.73 Å². The molecule has 4 heteroatoms. The second-order valence-electron chi connectivity index (χ2n) is 5.02. The molecule has 0 aliphatic rings. The molecule has 1 aromatic heterocycles. The molecular formula is C17H15F2NO. The van der Waals surface area contributed by atoms with E-state index in [2.05, 4.69) is 5.32 Å². The molecule has 3 aromatic rings. The summed E-state index contributed by atoms with van der Waals surface area (Å²) in [6.07, 6.45) is 0. The molecule has 0 aliphatic carbocycles. The van der Waals surface area contributed by atoms with Gasteiger partial charge in [-0.1, -0.05) is 24.3 Å². The summed E-state index contributed by atoms with van der Waals surface area (Å²) in [6, 6.07) is 13.3. The van der Waals surface area contributed by atoms with Crippen LogP contribution in [-0.4, -0.2) is 0 Å². The Kier molecular flexibility index (Phi) is 3.71. The molecule has 0 bridgehead atoms. The van der Waals surface area contributed by atoms with Crippen LogP contribution in [0.2, 0.25) is 0 Å². The maximum absolute atomic E-state index is 13.6. The van der Waals surface area contributed by atoms with E-state index < -0.39 is 11.6 Å². The van der Waals surface area contributed by atoms with Crippen LogP contribution in [-0.2, 0) is 6.54 Å². The second-order valence-corrected chi connectivity index (χ2v) is 5.02. The van der Waals surface area contributed by atoms with Crippen molar-refractivity contribution in [2.75, 3.05) is 0 Å². The van der Waals surface area contributed by atoms with E-state index in [1.54, 1.807) is 0 Å². The first-order valence-corrected chi connectivity index (χ1v) is 6.79. The molecule has 21 heavy (non-hydrogen) atoms. The van der Waals surface area contributed by atoms with Gasteiger partial charge in [0.2, 0.25) is 0 Å². The molecule has 1 N–H and O–H groups in total. The Labute approximate surface area is 121 Å². The number of benzene rings is 2. The van der Waals surface area contributed by atoms with Gasteiger partial charge in [-0.05, 0) is 25.1 Å². The number of para-hydroxylation sites is 1. The lowest BCUT2D eigenvalue weighted by molar-refractivity contribution is 0.445. The van der Waals surface area contributed by atoms with E-state index in [0.717, 1.165) is 22.8 Å². The fourth-order valence-electron chi connectivity index (χ4n) is 2.24. The monoisotopic (exact) mass is 287 g/mol. The van der Waals surface area contributed by atoms with Gasteiger partial charge in [0.05, 0.1) is 6.04 Å². The van der Waals surface area contributed by atoms with Crippen LogP contribution in [0.3, 0.4) is 0 Å². The van der Waals surface area contributed by atoms with Gasteiger partial charge in [0.1, 0.15) is 23.0 Å². The highest BCUT2D eigenvalue weighted by Gasteiger charge is 2.12. The lowest BCUT2D eigenvalue weighted by Gasteiger charge is -2.11. The third kappa shape index (κ3) is 2.95. The Hall–Kier alpha value is -2.20. The summed E-state index contributed by atoms with van der Waals surface area (Å²) in [6.45, 7) is 2.25. The molecule has 0 radical (unpaired) electrons. The number of furan rings is 1. The fraction of sp³-hybridized carbons (Fsp3) is 0.176. The van der Waals surface area contributed by atoms with E-state index in [-0.39, 0.29) is 6.04 Å². The minimum Gasteiger partial charge on any atom is -0.459 e. The second kappa shape index (κ2) is 5.66. The van der Waals surface area contributed by atoms with Crippen LogP contribution in [0.1, 0.15) is 24.3 Å². The fourth-order valence-corrected chi connectivity index (χ4v) is 2.24. The molecular weight excluding hydrogens is 272 g/mol. The van der Waals surface area contributed by atoms with Crippen LogP contribution in [0.25, 0.3) is 11.0 Å². The minimum atomic E-state index is -0.568. The summed E-state index contributed by atoms with van der Waals surface area (Å²) in [5, 5.41) is 4.22. The Bertz CT molecular complexity index is 733. The van der Waals surface area contributed by atoms with E-state index >= 15 is 0 Å². The molecule has 1 unspecified atom stereocenters. The molecule has 1 atom stereocenters. The van der Waals surface area contributed by atoms with Crippen molar-refractivity contribution in [2.45, 2.75) is 19.5 Å². The lowest BCUT2D eigenvalue weighted by Crippen LogP contribution is -2.18. The van der Waals surface area contributed by atoms with Crippen molar-refractivity contribution in [2.24, 2.45) is 0 Å². The maximum atomic E-state index is 13.6. The summed E-state index contributed by atoms with van der Waals surface area (Å²) in [7, 11) is 0. The van der Waals surface area contributed by atoms with Crippen LogP contribution >= 0.6 is 0 Å². The van der Waals surface area contributed by atoms with Crippen molar-refractivity contribution in [3.8, 4) is 0 Å². The van der Waals surface area contributed by atoms with Gasteiger partial charge in [-0.25, -0.2) is 8.78 Å². The van der Waals surface area contributed by atoms with Gasteiger partial charge in [0.25, 0.3) is 0 Å². The average molecular weight is 287 g/mol. The third-order valence-corrected chi connectivity index (χ3v) is 3.49. The first kappa shape index (κ1) is 13.8. The van der Waals surface area contributed by atoms with Gasteiger partial charge in [-0.3, -0.25) is 0 Å². The predicted molar refractivity (Wildman–Crippen MR) is 77.8 cm³/mol. The van der Waals surface area contributed by atoms with Crippen molar-refractivity contribution in [3.05, 3.63) is 71.5 Å². The topological polar surface area (TPSA) is 25.2 Å². The smallest absolute Gasteiger partial charge is 0.134 e. The van der Waals surface area contributed by atoms with E-state index in [4.69, 9.17) is 4.42 Å². The van der Waals surface area contributed by atoms with E-state index in [1.165, 1.54) is 12.1 Å². The van der Waals surface area contributed by atoms with Crippen molar-refractivity contribution in [1.82, 2.24) is 5.32 Å². The van der Waals surface area contributed by atoms with E-state index in [9.17, 15) is 8.78 Å². The zero-order chi connectivity index (χ0) is 14.8. The van der Waals surface area contributed by atoms with Crippen molar-refractivity contribution in [1.29, 1.82) is 0 Å². The standard InChI is InChI=1S/C17H15F2NO/c1-11(17-8-12-4-2-3-5-16(12)21-17)20-10-13-6-7-14(18)9-15(13)19/h2-9,11,20H,10H2,1H3. The van der Waals surface area contributed by atoms with Crippen LogP contribution < -0.4 is 5.32 Å². The Morgan fingerprint density at radius 2 is 1.90 bits per heavy atom. The molecule has 0 amide bonds. The largest absolute Gasteiger partial charge is 0.459 e. The molecule has 1 heterocycles. The predicted octanol–water partition coefficient (Wildman–Crippen LogP) is 4.56. The molecule has 2 aromatic carbocycles. The molecule has 0 saturated carbocycles. The highest BCUT2D eigenvalue weighted by Crippen LogP contribution is 2.24. The summed E-state index contributed by atoms with van der Waals surface area (Å²) in [5.74, 6) is -0.320. The maximum Gasteiger partial charge on any atom is 0.134 e. The van der Waals surface area contributed by atoms with Gasteiger partial charge in [-0.2, -0.15) is 0 Å². The van der Waals surface area contributed by atoms with Crippen LogP contribution in [0.5, 0.6) is 0 Å². The van der Waals surface area contributed by atoms with E-state index in [0.29, 0.717) is 12.1 Å². The van der Waals surface area contributed by atoms with Crippen molar-refractivity contribution in [3.63, 3.8) is 0 Å². The Morgan fingerprint density at radius 3 is 2.67 bits per heavy atom. The number of hydrogen-bond donors (Lipinski definition) is 1. The summed E-state index contributed by atoms with van der Waals surface area (Å²) in [4.78, 5) is 0. The van der Waals surface area contributed by atoms with Crippen molar-refractivity contribution < 1.29 is 13.2 Å². The highest BCUT2D eigenvalue weighted by atomic mass is 19.1. The number of fused-ring (bicyclic) bond motifs is 1. The lowest BCUT2D eigenvalue weighted by atomic mass is 10.1. The normalized spacial score (nSPS) is 12.7. The number of nitrogens with one attached hydrogen (secondary N) is 1. The quantitative estimate of drug-likeness (QED) is 0.761. The Morgan fingerprint density at radius 1 is 1.10 bits per heavy atom. The SMILES string of the molecule is CC(NCc1ccc(F)cc1F)c1cc2ccccc2o1. The zero-order valence-electron chi connectivity index (χ0n) is 11.6. The number of hydrogen-bond acceptors (Lipinski definition) is 2. The molecule has 0 aliphatic heterocycles. The molecule has 108 valence electrons. The minimum absolute atomic E-state index is 0.0677. The third-order valence-electron chi connectivity index (χ3n) is 3.49. The Balaban J connectivity index is 1.72. The van der Waals surface area contributed by atoms with Gasteiger partial charge >= 0.3 is 0 Å². The number of rotatable bonds is 4. The van der Waals surface area contributed by atoms with E-state index in [1.807, 2.05) is 37.3 Å². The van der Waals surface area contributed by atoms with Gasteiger partial charge in [0, 0.05) is 23.6 Å². The summed E-state index contributed by atoms with van der Waals surface area (Å²) < 4.78 is 32.2. The highest BCUT2D eigenvalue weighted by molar-refractivity contribution is 5.77. The molecule has 2 nitrogen and oxygen atoms in total. The van der Waals surface area contributed by atoms with Crippen LogP contribution in [0.15, 0.2) is 52.9 Å². The van der Waals surface area contributed by atoms with Gasteiger partial charge in [0.15, 0.2) is 0 Å².